The molecule has 6 heteroatoms. The Labute approximate surface area is 182 Å². The Balaban J connectivity index is 1.13. The van der Waals surface area contributed by atoms with Crippen molar-refractivity contribution in [2.24, 2.45) is 17.8 Å². The van der Waals surface area contributed by atoms with E-state index >= 15 is 0 Å². The van der Waals surface area contributed by atoms with Gasteiger partial charge in [0.1, 0.15) is 5.76 Å². The average molecular weight is 423 g/mol. The summed E-state index contributed by atoms with van der Waals surface area (Å²) in [7, 11) is 0. The standard InChI is InChI=1S/C25H30N2O4/c1-16(31-25-11-17-7-18(12-25)9-19(8-17)13-25)14-26-24(29)27-21-4-2-3-20(10-21)23-6-5-22(15-28)30-23/h2-6,10,15-19H,7-9,11-14H2,1H3,(H2,26,27,29). The number of hydrogen-bond acceptors (Lipinski definition) is 4. The molecule has 2 aromatic rings. The van der Waals surface area contributed by atoms with E-state index in [1.807, 2.05) is 24.3 Å². The minimum Gasteiger partial charge on any atom is -0.453 e. The first-order valence-corrected chi connectivity index (χ1v) is 11.4. The van der Waals surface area contributed by atoms with Gasteiger partial charge in [-0.1, -0.05) is 12.1 Å². The molecule has 1 unspecified atom stereocenters. The highest BCUT2D eigenvalue weighted by molar-refractivity contribution is 5.90. The molecule has 31 heavy (non-hydrogen) atoms. The van der Waals surface area contributed by atoms with Crippen LogP contribution in [-0.4, -0.2) is 30.6 Å². The highest BCUT2D eigenvalue weighted by atomic mass is 16.5. The van der Waals surface area contributed by atoms with Gasteiger partial charge in [-0.05, 0) is 87.5 Å². The zero-order chi connectivity index (χ0) is 21.4. The van der Waals surface area contributed by atoms with Crippen LogP contribution in [-0.2, 0) is 4.74 Å². The topological polar surface area (TPSA) is 80.6 Å². The van der Waals surface area contributed by atoms with Crippen LogP contribution in [0.4, 0.5) is 10.5 Å². The van der Waals surface area contributed by atoms with E-state index in [2.05, 4.69) is 17.6 Å². The number of benzene rings is 1. The number of rotatable bonds is 7. The Morgan fingerprint density at radius 3 is 2.52 bits per heavy atom. The minimum atomic E-state index is -0.258. The van der Waals surface area contributed by atoms with Gasteiger partial charge in [-0.15, -0.1) is 0 Å². The van der Waals surface area contributed by atoms with Gasteiger partial charge in [0.25, 0.3) is 0 Å². The fourth-order valence-corrected chi connectivity index (χ4v) is 6.38. The normalized spacial score (nSPS) is 29.5. The zero-order valence-corrected chi connectivity index (χ0v) is 17.9. The number of amides is 2. The van der Waals surface area contributed by atoms with Gasteiger partial charge in [0.2, 0.25) is 0 Å². The number of ether oxygens (including phenoxy) is 1. The highest BCUT2D eigenvalue weighted by Crippen LogP contribution is 2.57. The molecule has 4 aliphatic rings. The third-order valence-corrected chi connectivity index (χ3v) is 7.13. The third kappa shape index (κ3) is 4.40. The van der Waals surface area contributed by atoms with Crippen molar-refractivity contribution >= 4 is 18.0 Å². The van der Waals surface area contributed by atoms with Gasteiger partial charge in [0, 0.05) is 17.8 Å². The number of carbonyl (C=O) groups excluding carboxylic acids is 2. The molecular formula is C25H30N2O4. The van der Waals surface area contributed by atoms with E-state index in [0.29, 0.717) is 24.3 Å². The van der Waals surface area contributed by atoms with Gasteiger partial charge in [0.15, 0.2) is 12.0 Å². The summed E-state index contributed by atoms with van der Waals surface area (Å²) in [5, 5.41) is 5.81. The summed E-state index contributed by atoms with van der Waals surface area (Å²) >= 11 is 0. The highest BCUT2D eigenvalue weighted by Gasteiger charge is 2.52. The number of carbonyl (C=O) groups is 2. The lowest BCUT2D eigenvalue weighted by atomic mass is 9.54. The van der Waals surface area contributed by atoms with Crippen LogP contribution in [0.1, 0.15) is 56.0 Å². The fourth-order valence-electron chi connectivity index (χ4n) is 6.38. The second kappa shape index (κ2) is 8.15. The summed E-state index contributed by atoms with van der Waals surface area (Å²) in [4.78, 5) is 23.3. The molecular weight excluding hydrogens is 392 g/mol. The van der Waals surface area contributed by atoms with E-state index in [1.54, 1.807) is 12.1 Å². The lowest BCUT2D eigenvalue weighted by Crippen LogP contribution is -2.54. The van der Waals surface area contributed by atoms with Crippen molar-refractivity contribution in [2.45, 2.75) is 57.2 Å². The monoisotopic (exact) mass is 422 g/mol. The molecule has 2 amide bonds. The van der Waals surface area contributed by atoms with E-state index in [4.69, 9.17) is 9.15 Å². The molecule has 0 spiro atoms. The van der Waals surface area contributed by atoms with Crippen LogP contribution in [0.5, 0.6) is 0 Å². The molecule has 4 fully saturated rings. The van der Waals surface area contributed by atoms with Crippen LogP contribution in [0, 0.1) is 17.8 Å². The first-order valence-electron chi connectivity index (χ1n) is 11.4. The second-order valence-electron chi connectivity index (χ2n) is 9.76. The number of hydrogen-bond donors (Lipinski definition) is 2. The van der Waals surface area contributed by atoms with Gasteiger partial charge < -0.3 is 19.8 Å². The molecule has 0 saturated heterocycles. The van der Waals surface area contributed by atoms with E-state index in [1.165, 1.54) is 38.5 Å². The van der Waals surface area contributed by atoms with Crippen LogP contribution < -0.4 is 10.6 Å². The molecule has 6 rings (SSSR count). The van der Waals surface area contributed by atoms with Crippen molar-refractivity contribution in [1.82, 2.24) is 5.32 Å². The maximum atomic E-state index is 12.4. The zero-order valence-electron chi connectivity index (χ0n) is 17.9. The van der Waals surface area contributed by atoms with E-state index < -0.39 is 0 Å². The predicted molar refractivity (Wildman–Crippen MR) is 118 cm³/mol. The summed E-state index contributed by atoms with van der Waals surface area (Å²) in [6.45, 7) is 2.54. The fraction of sp³-hybridized carbons (Fsp3) is 0.520. The molecule has 0 aliphatic heterocycles. The van der Waals surface area contributed by atoms with Crippen molar-refractivity contribution < 1.29 is 18.7 Å². The number of urea groups is 1. The van der Waals surface area contributed by atoms with Gasteiger partial charge in [-0.2, -0.15) is 0 Å². The number of furan rings is 1. The van der Waals surface area contributed by atoms with Crippen molar-refractivity contribution in [2.75, 3.05) is 11.9 Å². The maximum Gasteiger partial charge on any atom is 0.319 e. The van der Waals surface area contributed by atoms with Gasteiger partial charge >= 0.3 is 6.03 Å². The lowest BCUT2D eigenvalue weighted by molar-refractivity contribution is -0.182. The van der Waals surface area contributed by atoms with Crippen molar-refractivity contribution in [3.63, 3.8) is 0 Å². The quantitative estimate of drug-likeness (QED) is 0.597. The Bertz CT molecular complexity index is 931. The van der Waals surface area contributed by atoms with Gasteiger partial charge in [-0.25, -0.2) is 4.79 Å². The Hall–Kier alpha value is -2.60. The molecule has 1 aromatic carbocycles. The molecule has 2 N–H and O–H groups in total. The molecule has 4 aliphatic carbocycles. The van der Waals surface area contributed by atoms with Crippen LogP contribution in [0.25, 0.3) is 11.3 Å². The van der Waals surface area contributed by atoms with Crippen molar-refractivity contribution in [3.05, 3.63) is 42.2 Å². The summed E-state index contributed by atoms with van der Waals surface area (Å²) in [6, 6.07) is 10.5. The number of anilines is 1. The second-order valence-corrected chi connectivity index (χ2v) is 9.76. The molecule has 6 nitrogen and oxygen atoms in total. The molecule has 1 aromatic heterocycles. The first kappa shape index (κ1) is 20.3. The minimum absolute atomic E-state index is 0.0155. The largest absolute Gasteiger partial charge is 0.453 e. The van der Waals surface area contributed by atoms with Crippen LogP contribution >= 0.6 is 0 Å². The Morgan fingerprint density at radius 1 is 1.16 bits per heavy atom. The molecule has 0 radical (unpaired) electrons. The van der Waals surface area contributed by atoms with Crippen molar-refractivity contribution in [3.8, 4) is 11.3 Å². The maximum absolute atomic E-state index is 12.4. The van der Waals surface area contributed by atoms with Gasteiger partial charge in [-0.3, -0.25) is 4.79 Å². The summed E-state index contributed by atoms with van der Waals surface area (Å²) < 4.78 is 12.0. The number of aldehydes is 1. The van der Waals surface area contributed by atoms with Crippen LogP contribution in [0.3, 0.4) is 0 Å². The molecule has 4 saturated carbocycles. The van der Waals surface area contributed by atoms with Crippen LogP contribution in [0.15, 0.2) is 40.8 Å². The summed E-state index contributed by atoms with van der Waals surface area (Å²) in [6.07, 6.45) is 8.42. The first-order chi connectivity index (χ1) is 15.0. The Morgan fingerprint density at radius 2 is 1.87 bits per heavy atom. The van der Waals surface area contributed by atoms with Crippen LogP contribution in [0.2, 0.25) is 0 Å². The smallest absolute Gasteiger partial charge is 0.319 e. The van der Waals surface area contributed by atoms with E-state index in [9.17, 15) is 9.59 Å². The van der Waals surface area contributed by atoms with E-state index in [-0.39, 0.29) is 23.5 Å². The molecule has 1 atom stereocenters. The van der Waals surface area contributed by atoms with Gasteiger partial charge in [0.05, 0.1) is 11.7 Å². The average Bonchev–Trinajstić information content (AvgIpc) is 3.21. The molecule has 164 valence electrons. The van der Waals surface area contributed by atoms with E-state index in [0.717, 1.165) is 23.3 Å². The third-order valence-electron chi connectivity index (χ3n) is 7.13. The number of nitrogens with one attached hydrogen (secondary N) is 2. The Kier molecular flexibility index (Phi) is 5.34. The molecule has 1 heterocycles. The summed E-state index contributed by atoms with van der Waals surface area (Å²) in [5.41, 5.74) is 1.50. The SMILES string of the molecule is CC(CNC(=O)Nc1cccc(-c2ccc(C=O)o2)c1)OC12CC3CC(CC(C3)C1)C2. The van der Waals surface area contributed by atoms with Crippen molar-refractivity contribution in [1.29, 1.82) is 0 Å². The molecule has 4 bridgehead atoms. The predicted octanol–water partition coefficient (Wildman–Crippen LogP) is 5.25. The lowest BCUT2D eigenvalue weighted by Gasteiger charge is -2.57. The summed E-state index contributed by atoms with van der Waals surface area (Å²) in [5.74, 6) is 3.40.